The summed E-state index contributed by atoms with van der Waals surface area (Å²) >= 11 is 0. The molecule has 1 aliphatic rings. The lowest BCUT2D eigenvalue weighted by Crippen LogP contribution is -2.49. The summed E-state index contributed by atoms with van der Waals surface area (Å²) < 4.78 is 26.9. The maximum Gasteiger partial charge on any atom is 0.317 e. The summed E-state index contributed by atoms with van der Waals surface area (Å²) in [6.45, 7) is 5.82. The molecule has 1 fully saturated rings. The molecule has 8 heteroatoms. The van der Waals surface area contributed by atoms with Crippen molar-refractivity contribution >= 4 is 16.0 Å². The van der Waals surface area contributed by atoms with E-state index >= 15 is 0 Å². The predicted molar refractivity (Wildman–Crippen MR) is 86.9 cm³/mol. The SMILES string of the molecule is Cc1ccc(S(=O)(=O)NCCN2CCN(CC(=O)O)CC2)cc1. The second-order valence-electron chi connectivity index (χ2n) is 5.72. The average molecular weight is 341 g/mol. The molecule has 128 valence electrons. The highest BCUT2D eigenvalue weighted by atomic mass is 32.2. The van der Waals surface area contributed by atoms with Crippen LogP contribution in [-0.4, -0.2) is 75.1 Å². The third kappa shape index (κ3) is 5.58. The van der Waals surface area contributed by atoms with E-state index in [9.17, 15) is 13.2 Å². The molecular weight excluding hydrogens is 318 g/mol. The van der Waals surface area contributed by atoms with Crippen LogP contribution in [0, 0.1) is 6.92 Å². The molecule has 0 bridgehead atoms. The summed E-state index contributed by atoms with van der Waals surface area (Å²) in [6, 6.07) is 6.75. The molecule has 0 radical (unpaired) electrons. The molecule has 0 unspecified atom stereocenters. The maximum absolute atomic E-state index is 12.2. The minimum atomic E-state index is -3.47. The molecule has 1 aromatic carbocycles. The predicted octanol–water partition coefficient (Wildman–Crippen LogP) is -0.0245. The highest BCUT2D eigenvalue weighted by Gasteiger charge is 2.19. The van der Waals surface area contributed by atoms with E-state index in [1.165, 1.54) is 0 Å². The molecule has 7 nitrogen and oxygen atoms in total. The minimum absolute atomic E-state index is 0.0634. The summed E-state index contributed by atoms with van der Waals surface area (Å²) in [7, 11) is -3.47. The summed E-state index contributed by atoms with van der Waals surface area (Å²) in [5.74, 6) is -0.815. The van der Waals surface area contributed by atoms with Crippen molar-refractivity contribution in [2.75, 3.05) is 45.8 Å². The first-order valence-corrected chi connectivity index (χ1v) is 9.08. The number of nitrogens with one attached hydrogen (secondary N) is 1. The van der Waals surface area contributed by atoms with Crippen molar-refractivity contribution in [1.29, 1.82) is 0 Å². The standard InChI is InChI=1S/C15H23N3O4S/c1-13-2-4-14(5-3-13)23(21,22)16-6-7-17-8-10-18(11-9-17)12-15(19)20/h2-5,16H,6-12H2,1H3,(H,19,20). The van der Waals surface area contributed by atoms with E-state index in [2.05, 4.69) is 9.62 Å². The molecule has 0 spiro atoms. The highest BCUT2D eigenvalue weighted by molar-refractivity contribution is 7.89. The van der Waals surface area contributed by atoms with Gasteiger partial charge < -0.3 is 5.11 Å². The Labute approximate surface area is 136 Å². The van der Waals surface area contributed by atoms with Crippen molar-refractivity contribution < 1.29 is 18.3 Å². The van der Waals surface area contributed by atoms with Gasteiger partial charge in [-0.1, -0.05) is 17.7 Å². The van der Waals surface area contributed by atoms with Gasteiger partial charge in [0, 0.05) is 39.3 Å². The molecule has 23 heavy (non-hydrogen) atoms. The van der Waals surface area contributed by atoms with Gasteiger partial charge in [0.1, 0.15) is 0 Å². The largest absolute Gasteiger partial charge is 0.480 e. The number of nitrogens with zero attached hydrogens (tertiary/aromatic N) is 2. The zero-order chi connectivity index (χ0) is 16.9. The van der Waals surface area contributed by atoms with Gasteiger partial charge in [0.05, 0.1) is 11.4 Å². The summed E-state index contributed by atoms with van der Waals surface area (Å²) in [5.41, 5.74) is 1.02. The van der Waals surface area contributed by atoms with E-state index in [-0.39, 0.29) is 11.4 Å². The van der Waals surface area contributed by atoms with Crippen molar-refractivity contribution in [2.24, 2.45) is 0 Å². The fourth-order valence-corrected chi connectivity index (χ4v) is 3.52. The molecule has 1 heterocycles. The van der Waals surface area contributed by atoms with E-state index < -0.39 is 16.0 Å². The first-order valence-electron chi connectivity index (χ1n) is 7.60. The van der Waals surface area contributed by atoms with Gasteiger partial charge in [-0.15, -0.1) is 0 Å². The molecule has 1 aliphatic heterocycles. The monoisotopic (exact) mass is 341 g/mol. The van der Waals surface area contributed by atoms with Gasteiger partial charge in [0.15, 0.2) is 0 Å². The topological polar surface area (TPSA) is 90.0 Å². The first-order chi connectivity index (χ1) is 10.9. The molecule has 2 N–H and O–H groups in total. The number of aryl methyl sites for hydroxylation is 1. The van der Waals surface area contributed by atoms with Crippen LogP contribution in [0.5, 0.6) is 0 Å². The molecule has 0 aliphatic carbocycles. The Kier molecular flexibility index (Phi) is 6.11. The summed E-state index contributed by atoms with van der Waals surface area (Å²) in [5, 5.41) is 8.76. The number of piperazine rings is 1. The van der Waals surface area contributed by atoms with E-state index in [1.54, 1.807) is 24.3 Å². The van der Waals surface area contributed by atoms with Crippen LogP contribution in [0.4, 0.5) is 0 Å². The third-order valence-corrected chi connectivity index (χ3v) is 5.35. The molecule has 1 aromatic rings. The molecule has 0 saturated carbocycles. The van der Waals surface area contributed by atoms with Gasteiger partial charge >= 0.3 is 5.97 Å². The Balaban J connectivity index is 1.75. The van der Waals surface area contributed by atoms with Gasteiger partial charge in [0.25, 0.3) is 0 Å². The quantitative estimate of drug-likeness (QED) is 0.724. The van der Waals surface area contributed by atoms with Crippen LogP contribution in [0.25, 0.3) is 0 Å². The number of carbonyl (C=O) groups is 1. The zero-order valence-corrected chi connectivity index (χ0v) is 14.1. The molecule has 0 aromatic heterocycles. The van der Waals surface area contributed by atoms with Gasteiger partial charge in [0.2, 0.25) is 10.0 Å². The lowest BCUT2D eigenvalue weighted by atomic mass is 10.2. The van der Waals surface area contributed by atoms with Crippen molar-refractivity contribution in [3.63, 3.8) is 0 Å². The van der Waals surface area contributed by atoms with Crippen molar-refractivity contribution in [3.8, 4) is 0 Å². The Bertz CT molecular complexity index is 623. The van der Waals surface area contributed by atoms with Gasteiger partial charge in [-0.05, 0) is 19.1 Å². The van der Waals surface area contributed by atoms with Crippen molar-refractivity contribution in [1.82, 2.24) is 14.5 Å². The van der Waals surface area contributed by atoms with Crippen LogP contribution in [-0.2, 0) is 14.8 Å². The Hall–Kier alpha value is -1.48. The smallest absolute Gasteiger partial charge is 0.317 e. The number of benzene rings is 1. The van der Waals surface area contributed by atoms with Crippen LogP contribution in [0.2, 0.25) is 0 Å². The van der Waals surface area contributed by atoms with Crippen LogP contribution in [0.1, 0.15) is 5.56 Å². The lowest BCUT2D eigenvalue weighted by molar-refractivity contribution is -0.138. The maximum atomic E-state index is 12.2. The fraction of sp³-hybridized carbons (Fsp3) is 0.533. The number of aliphatic carboxylic acids is 1. The number of carboxylic acid groups (broad SMARTS) is 1. The molecular formula is C15H23N3O4S. The van der Waals surface area contributed by atoms with Crippen molar-refractivity contribution in [2.45, 2.75) is 11.8 Å². The summed E-state index contributed by atoms with van der Waals surface area (Å²) in [4.78, 5) is 14.9. The van der Waals surface area contributed by atoms with Crippen molar-refractivity contribution in [3.05, 3.63) is 29.8 Å². The van der Waals surface area contributed by atoms with Gasteiger partial charge in [-0.3, -0.25) is 14.6 Å². The number of hydrogen-bond acceptors (Lipinski definition) is 5. The van der Waals surface area contributed by atoms with E-state index in [0.29, 0.717) is 26.2 Å². The zero-order valence-electron chi connectivity index (χ0n) is 13.2. The Morgan fingerprint density at radius 2 is 1.70 bits per heavy atom. The van der Waals surface area contributed by atoms with Crippen LogP contribution in [0.3, 0.4) is 0 Å². The van der Waals surface area contributed by atoms with Crippen LogP contribution < -0.4 is 4.72 Å². The van der Waals surface area contributed by atoms with E-state index in [4.69, 9.17) is 5.11 Å². The minimum Gasteiger partial charge on any atom is -0.480 e. The van der Waals surface area contributed by atoms with Gasteiger partial charge in [-0.25, -0.2) is 13.1 Å². The number of rotatable bonds is 7. The lowest BCUT2D eigenvalue weighted by Gasteiger charge is -2.33. The van der Waals surface area contributed by atoms with E-state index in [1.807, 2.05) is 11.8 Å². The fourth-order valence-electron chi connectivity index (χ4n) is 2.50. The Morgan fingerprint density at radius 3 is 2.26 bits per heavy atom. The summed E-state index contributed by atoms with van der Waals surface area (Å²) in [6.07, 6.45) is 0. The molecule has 2 rings (SSSR count). The second-order valence-corrected chi connectivity index (χ2v) is 7.49. The highest BCUT2D eigenvalue weighted by Crippen LogP contribution is 2.09. The molecule has 0 atom stereocenters. The Morgan fingerprint density at radius 1 is 1.13 bits per heavy atom. The third-order valence-electron chi connectivity index (χ3n) is 3.88. The first kappa shape index (κ1) is 17.9. The van der Waals surface area contributed by atoms with Crippen LogP contribution >= 0.6 is 0 Å². The number of hydrogen-bond donors (Lipinski definition) is 2. The molecule has 0 amide bonds. The number of carboxylic acids is 1. The average Bonchev–Trinajstić information content (AvgIpc) is 2.49. The number of sulfonamides is 1. The van der Waals surface area contributed by atoms with Crippen LogP contribution in [0.15, 0.2) is 29.2 Å². The van der Waals surface area contributed by atoms with Gasteiger partial charge in [-0.2, -0.15) is 0 Å². The van der Waals surface area contributed by atoms with E-state index in [0.717, 1.165) is 18.7 Å². The normalized spacial score (nSPS) is 17.3. The second kappa shape index (κ2) is 7.87. The molecule has 1 saturated heterocycles.